The summed E-state index contributed by atoms with van der Waals surface area (Å²) in [6.45, 7) is 6.98. The number of carbonyl (C=O) groups excluding carboxylic acids is 1. The van der Waals surface area contributed by atoms with Gasteiger partial charge in [-0.2, -0.15) is 0 Å². The fourth-order valence-electron chi connectivity index (χ4n) is 4.53. The van der Waals surface area contributed by atoms with Crippen LogP contribution in [0, 0.1) is 11.3 Å². The van der Waals surface area contributed by atoms with Gasteiger partial charge in [0.25, 0.3) is 5.91 Å². The zero-order chi connectivity index (χ0) is 18.8. The van der Waals surface area contributed by atoms with E-state index >= 15 is 0 Å². The van der Waals surface area contributed by atoms with Crippen molar-refractivity contribution in [1.29, 1.82) is 0 Å². The number of benzene rings is 1. The molecule has 27 heavy (non-hydrogen) atoms. The van der Waals surface area contributed by atoms with Gasteiger partial charge in [-0.1, -0.05) is 39.0 Å². The van der Waals surface area contributed by atoms with Crippen molar-refractivity contribution in [2.75, 3.05) is 5.32 Å². The molecule has 3 aromatic rings. The molecule has 5 heteroatoms. The summed E-state index contributed by atoms with van der Waals surface area (Å²) in [6.07, 6.45) is 5.06. The molecule has 2 aromatic heterocycles. The molecule has 5 rings (SSSR count). The number of amides is 1. The van der Waals surface area contributed by atoms with Crippen molar-refractivity contribution in [3.05, 3.63) is 52.0 Å². The van der Waals surface area contributed by atoms with Gasteiger partial charge >= 0.3 is 0 Å². The highest BCUT2D eigenvalue weighted by Crippen LogP contribution is 2.46. The molecule has 0 radical (unpaired) electrons. The van der Waals surface area contributed by atoms with Crippen LogP contribution in [-0.4, -0.2) is 10.9 Å². The van der Waals surface area contributed by atoms with Gasteiger partial charge in [0.2, 0.25) is 0 Å². The Labute approximate surface area is 163 Å². The van der Waals surface area contributed by atoms with Gasteiger partial charge in [-0.05, 0) is 42.2 Å². The predicted molar refractivity (Wildman–Crippen MR) is 111 cm³/mol. The number of H-pyrrole nitrogens is 1. The predicted octanol–water partition coefficient (Wildman–Crippen LogP) is 5.23. The van der Waals surface area contributed by atoms with Crippen LogP contribution in [0.1, 0.15) is 59.7 Å². The van der Waals surface area contributed by atoms with E-state index in [1.54, 1.807) is 11.3 Å². The Bertz CT molecular complexity index is 1040. The average Bonchev–Trinajstić information content (AvgIpc) is 3.21. The first-order valence-corrected chi connectivity index (χ1v) is 10.5. The molecular formula is C22H25N3OS. The van der Waals surface area contributed by atoms with Crippen molar-refractivity contribution in [2.45, 2.75) is 46.2 Å². The third-order valence-electron chi connectivity index (χ3n) is 6.20. The lowest BCUT2D eigenvalue weighted by atomic mass is 9.72. The molecule has 1 amide bonds. The highest BCUT2D eigenvalue weighted by molar-refractivity contribution is 7.16. The smallest absolute Gasteiger partial charge is 0.256 e. The van der Waals surface area contributed by atoms with Gasteiger partial charge in [0.05, 0.1) is 5.56 Å². The summed E-state index contributed by atoms with van der Waals surface area (Å²) in [4.78, 5) is 17.7. The van der Waals surface area contributed by atoms with Crippen molar-refractivity contribution in [1.82, 2.24) is 10.3 Å². The quantitative estimate of drug-likeness (QED) is 0.542. The minimum Gasteiger partial charge on any atom is -0.361 e. The zero-order valence-corrected chi connectivity index (χ0v) is 16.8. The Morgan fingerprint density at radius 3 is 2.78 bits per heavy atom. The van der Waals surface area contributed by atoms with Gasteiger partial charge in [-0.15, -0.1) is 11.3 Å². The summed E-state index contributed by atoms with van der Waals surface area (Å²) in [7, 11) is 0. The van der Waals surface area contributed by atoms with E-state index in [1.807, 2.05) is 18.3 Å². The standard InChI is InChI=1S/C22H25N3OS/c1-22(2,3)12-8-9-14-17(10-12)27-21-18(14)20(26)24-19(25-21)15-11-23-16-7-5-4-6-13(15)16/h4-7,11-12,19,23,25H,8-10H2,1-3H3,(H,24,26). The molecule has 3 N–H and O–H groups in total. The molecule has 0 bridgehead atoms. The van der Waals surface area contributed by atoms with Crippen LogP contribution in [0.2, 0.25) is 0 Å². The number of anilines is 1. The van der Waals surface area contributed by atoms with E-state index in [4.69, 9.17) is 0 Å². The molecule has 0 spiro atoms. The Balaban J connectivity index is 1.50. The normalized spacial score (nSPS) is 22.1. The lowest BCUT2D eigenvalue weighted by Crippen LogP contribution is -2.38. The van der Waals surface area contributed by atoms with E-state index in [2.05, 4.69) is 48.5 Å². The second-order valence-electron chi connectivity index (χ2n) is 8.85. The molecule has 2 aliphatic rings. The van der Waals surface area contributed by atoms with Crippen LogP contribution in [0.4, 0.5) is 5.00 Å². The van der Waals surface area contributed by atoms with Gasteiger partial charge in [0.1, 0.15) is 11.2 Å². The first-order valence-electron chi connectivity index (χ1n) is 9.70. The molecule has 140 valence electrons. The highest BCUT2D eigenvalue weighted by Gasteiger charge is 2.36. The molecule has 1 aliphatic carbocycles. The first-order chi connectivity index (χ1) is 12.9. The monoisotopic (exact) mass is 379 g/mol. The number of aromatic amines is 1. The van der Waals surface area contributed by atoms with Crippen LogP contribution < -0.4 is 10.6 Å². The second kappa shape index (κ2) is 5.86. The van der Waals surface area contributed by atoms with Crippen molar-refractivity contribution in [3.63, 3.8) is 0 Å². The molecule has 2 atom stereocenters. The zero-order valence-electron chi connectivity index (χ0n) is 16.0. The van der Waals surface area contributed by atoms with E-state index in [0.717, 1.165) is 39.9 Å². The van der Waals surface area contributed by atoms with Crippen LogP contribution in [0.15, 0.2) is 30.5 Å². The van der Waals surface area contributed by atoms with E-state index < -0.39 is 0 Å². The Morgan fingerprint density at radius 2 is 1.96 bits per heavy atom. The largest absolute Gasteiger partial charge is 0.361 e. The number of fused-ring (bicyclic) bond motifs is 4. The number of hydrogen-bond donors (Lipinski definition) is 3. The topological polar surface area (TPSA) is 56.9 Å². The Kier molecular flexibility index (Phi) is 3.66. The number of thiophene rings is 1. The van der Waals surface area contributed by atoms with E-state index in [-0.39, 0.29) is 12.1 Å². The van der Waals surface area contributed by atoms with E-state index in [0.29, 0.717) is 11.3 Å². The molecule has 4 nitrogen and oxygen atoms in total. The number of nitrogens with one attached hydrogen (secondary N) is 3. The van der Waals surface area contributed by atoms with Gasteiger partial charge in [0.15, 0.2) is 0 Å². The highest BCUT2D eigenvalue weighted by atomic mass is 32.1. The summed E-state index contributed by atoms with van der Waals surface area (Å²) in [5.74, 6) is 0.739. The minimum absolute atomic E-state index is 0.0609. The van der Waals surface area contributed by atoms with Crippen LogP contribution in [0.3, 0.4) is 0 Å². The van der Waals surface area contributed by atoms with Crippen molar-refractivity contribution >= 4 is 33.1 Å². The molecule has 1 aliphatic heterocycles. The Morgan fingerprint density at radius 1 is 1.15 bits per heavy atom. The Hall–Kier alpha value is -2.27. The number of para-hydroxylation sites is 1. The summed E-state index contributed by atoms with van der Waals surface area (Å²) in [5.41, 5.74) is 4.65. The fraction of sp³-hybridized carbons (Fsp3) is 0.409. The number of rotatable bonds is 1. The van der Waals surface area contributed by atoms with E-state index in [9.17, 15) is 4.79 Å². The SMILES string of the molecule is CC(C)(C)C1CCc2c(sc3c2C(=O)NC(c2c[nH]c4ccccc24)N3)C1. The number of hydrogen-bond acceptors (Lipinski definition) is 3. The van der Waals surface area contributed by atoms with Gasteiger partial charge in [-0.3, -0.25) is 4.79 Å². The van der Waals surface area contributed by atoms with Crippen molar-refractivity contribution in [3.8, 4) is 0 Å². The van der Waals surface area contributed by atoms with Crippen LogP contribution in [-0.2, 0) is 12.8 Å². The van der Waals surface area contributed by atoms with E-state index in [1.165, 1.54) is 16.9 Å². The summed E-state index contributed by atoms with van der Waals surface area (Å²) >= 11 is 1.79. The van der Waals surface area contributed by atoms with Crippen molar-refractivity contribution in [2.24, 2.45) is 11.3 Å². The van der Waals surface area contributed by atoms with Crippen LogP contribution in [0.5, 0.6) is 0 Å². The molecule has 0 saturated heterocycles. The summed E-state index contributed by atoms with van der Waals surface area (Å²) in [5, 5.41) is 8.96. The molecule has 0 fully saturated rings. The van der Waals surface area contributed by atoms with Gasteiger partial charge in [-0.25, -0.2) is 0 Å². The maximum atomic E-state index is 13.0. The minimum atomic E-state index is -0.195. The summed E-state index contributed by atoms with van der Waals surface area (Å²) in [6, 6.07) is 8.21. The maximum Gasteiger partial charge on any atom is 0.256 e. The third kappa shape index (κ3) is 2.67. The first kappa shape index (κ1) is 16.9. The van der Waals surface area contributed by atoms with Crippen LogP contribution in [0.25, 0.3) is 10.9 Å². The average molecular weight is 380 g/mol. The van der Waals surface area contributed by atoms with Crippen molar-refractivity contribution < 1.29 is 4.79 Å². The molecule has 0 saturated carbocycles. The number of carbonyl (C=O) groups is 1. The second-order valence-corrected chi connectivity index (χ2v) is 9.96. The van der Waals surface area contributed by atoms with Crippen LogP contribution >= 0.6 is 11.3 Å². The third-order valence-corrected chi connectivity index (χ3v) is 7.39. The molecular weight excluding hydrogens is 354 g/mol. The van der Waals surface area contributed by atoms with Gasteiger partial charge in [0, 0.05) is 27.5 Å². The summed E-state index contributed by atoms with van der Waals surface area (Å²) < 4.78 is 0. The molecule has 1 aromatic carbocycles. The molecule has 3 heterocycles. The lowest BCUT2D eigenvalue weighted by molar-refractivity contribution is 0.0935. The molecule has 2 unspecified atom stereocenters. The number of aromatic nitrogens is 1. The van der Waals surface area contributed by atoms with Gasteiger partial charge < -0.3 is 15.6 Å². The maximum absolute atomic E-state index is 13.0. The lowest BCUT2D eigenvalue weighted by Gasteiger charge is -2.34. The fourth-order valence-corrected chi connectivity index (χ4v) is 5.88.